The average molecular weight is 224 g/mol. The number of piperidine rings is 1. The van der Waals surface area contributed by atoms with Crippen LogP contribution in [0, 0.1) is 11.3 Å². The summed E-state index contributed by atoms with van der Waals surface area (Å²) in [4.78, 5) is 2.75. The normalized spacial score (nSPS) is 33.8. The van der Waals surface area contributed by atoms with Crippen molar-refractivity contribution in [2.75, 3.05) is 13.1 Å². The molecule has 0 amide bonds. The molecule has 0 aromatic rings. The molecule has 0 aromatic heterocycles. The van der Waals surface area contributed by atoms with Crippen LogP contribution in [0.25, 0.3) is 0 Å². The number of nitrogens with zero attached hydrogens (tertiary/aromatic N) is 1. The van der Waals surface area contributed by atoms with Gasteiger partial charge in [0.15, 0.2) is 0 Å². The lowest BCUT2D eigenvalue weighted by atomic mass is 9.81. The van der Waals surface area contributed by atoms with E-state index in [2.05, 4.69) is 25.7 Å². The fourth-order valence-electron chi connectivity index (χ4n) is 3.87. The first kappa shape index (κ1) is 12.4. The van der Waals surface area contributed by atoms with E-state index >= 15 is 0 Å². The number of nitrogens with two attached hydrogens (primary N) is 1. The topological polar surface area (TPSA) is 29.3 Å². The molecule has 1 heterocycles. The second kappa shape index (κ2) is 4.66. The number of hydrogen-bond acceptors (Lipinski definition) is 2. The van der Waals surface area contributed by atoms with E-state index < -0.39 is 0 Å². The molecule has 0 radical (unpaired) electrons. The fraction of sp³-hybridized carbons (Fsp3) is 1.00. The van der Waals surface area contributed by atoms with E-state index in [1.54, 1.807) is 0 Å². The van der Waals surface area contributed by atoms with Gasteiger partial charge in [-0.3, -0.25) is 4.90 Å². The summed E-state index contributed by atoms with van der Waals surface area (Å²) in [7, 11) is 0. The zero-order valence-electron chi connectivity index (χ0n) is 11.2. The van der Waals surface area contributed by atoms with Crippen molar-refractivity contribution in [2.45, 2.75) is 65.0 Å². The minimum atomic E-state index is 0.319. The third-order valence-corrected chi connectivity index (χ3v) is 4.66. The molecule has 2 fully saturated rings. The van der Waals surface area contributed by atoms with Crippen molar-refractivity contribution >= 4 is 0 Å². The van der Waals surface area contributed by atoms with Crippen LogP contribution in [0.4, 0.5) is 0 Å². The highest BCUT2D eigenvalue weighted by Crippen LogP contribution is 2.40. The Morgan fingerprint density at radius 3 is 2.50 bits per heavy atom. The number of likely N-dealkylation sites (tertiary alicyclic amines) is 1. The molecule has 1 aliphatic carbocycles. The van der Waals surface area contributed by atoms with Gasteiger partial charge < -0.3 is 5.73 Å². The zero-order valence-corrected chi connectivity index (χ0v) is 11.2. The number of rotatable bonds is 2. The SMILES string of the molecule is CC(C)(C)C(CN)N1CCCC2CCCC21. The standard InChI is InChI=1S/C14H28N2/c1-14(2,3)13(10-15)16-9-5-7-11-6-4-8-12(11)16/h11-13H,4-10,15H2,1-3H3. The molecular formula is C14H28N2. The van der Waals surface area contributed by atoms with Crippen molar-refractivity contribution in [3.8, 4) is 0 Å². The lowest BCUT2D eigenvalue weighted by molar-refractivity contribution is 0.0204. The summed E-state index contributed by atoms with van der Waals surface area (Å²) in [5, 5.41) is 0. The summed E-state index contributed by atoms with van der Waals surface area (Å²) in [5.41, 5.74) is 6.35. The van der Waals surface area contributed by atoms with E-state index in [1.807, 2.05) is 0 Å². The smallest absolute Gasteiger partial charge is 0.0269 e. The molecule has 94 valence electrons. The van der Waals surface area contributed by atoms with Gasteiger partial charge in [-0.05, 0) is 43.6 Å². The molecule has 2 N–H and O–H groups in total. The van der Waals surface area contributed by atoms with Gasteiger partial charge in [-0.2, -0.15) is 0 Å². The van der Waals surface area contributed by atoms with Gasteiger partial charge in [0.25, 0.3) is 0 Å². The van der Waals surface area contributed by atoms with Crippen LogP contribution >= 0.6 is 0 Å². The van der Waals surface area contributed by atoms with Crippen molar-refractivity contribution in [1.29, 1.82) is 0 Å². The summed E-state index contributed by atoms with van der Waals surface area (Å²) in [6, 6.07) is 1.42. The highest BCUT2D eigenvalue weighted by Gasteiger charge is 2.40. The Labute approximate surface area is 101 Å². The molecule has 1 saturated heterocycles. The number of hydrogen-bond donors (Lipinski definition) is 1. The van der Waals surface area contributed by atoms with Crippen LogP contribution in [0.15, 0.2) is 0 Å². The molecule has 1 aliphatic heterocycles. The maximum absolute atomic E-state index is 6.03. The molecular weight excluding hydrogens is 196 g/mol. The van der Waals surface area contributed by atoms with E-state index in [4.69, 9.17) is 5.73 Å². The Kier molecular flexibility index (Phi) is 3.60. The van der Waals surface area contributed by atoms with E-state index in [0.29, 0.717) is 11.5 Å². The monoisotopic (exact) mass is 224 g/mol. The Bertz CT molecular complexity index is 231. The Balaban J connectivity index is 2.11. The van der Waals surface area contributed by atoms with Crippen molar-refractivity contribution in [1.82, 2.24) is 4.90 Å². The van der Waals surface area contributed by atoms with Crippen LogP contribution in [0.1, 0.15) is 52.9 Å². The first-order valence-corrected chi connectivity index (χ1v) is 7.00. The predicted molar refractivity (Wildman–Crippen MR) is 69.4 cm³/mol. The summed E-state index contributed by atoms with van der Waals surface area (Å²) in [5.74, 6) is 0.977. The highest BCUT2D eigenvalue weighted by molar-refractivity contribution is 4.95. The van der Waals surface area contributed by atoms with Crippen LogP contribution in [-0.2, 0) is 0 Å². The molecule has 2 heteroatoms. The van der Waals surface area contributed by atoms with Gasteiger partial charge in [-0.1, -0.05) is 27.2 Å². The van der Waals surface area contributed by atoms with E-state index in [1.165, 1.54) is 38.6 Å². The van der Waals surface area contributed by atoms with Crippen LogP contribution in [0.5, 0.6) is 0 Å². The Hall–Kier alpha value is -0.0800. The lowest BCUT2D eigenvalue weighted by Crippen LogP contribution is -2.56. The van der Waals surface area contributed by atoms with E-state index in [-0.39, 0.29) is 0 Å². The van der Waals surface area contributed by atoms with Crippen LogP contribution in [0.3, 0.4) is 0 Å². The van der Waals surface area contributed by atoms with Gasteiger partial charge in [0.2, 0.25) is 0 Å². The molecule has 0 bridgehead atoms. The van der Waals surface area contributed by atoms with Gasteiger partial charge >= 0.3 is 0 Å². The molecule has 2 rings (SSSR count). The van der Waals surface area contributed by atoms with Gasteiger partial charge in [-0.25, -0.2) is 0 Å². The first-order chi connectivity index (χ1) is 7.54. The lowest BCUT2D eigenvalue weighted by Gasteiger charge is -2.47. The summed E-state index contributed by atoms with van der Waals surface area (Å²) in [6.45, 7) is 9.10. The largest absolute Gasteiger partial charge is 0.329 e. The number of fused-ring (bicyclic) bond motifs is 1. The van der Waals surface area contributed by atoms with Crippen molar-refractivity contribution in [3.05, 3.63) is 0 Å². The third-order valence-electron chi connectivity index (χ3n) is 4.66. The maximum atomic E-state index is 6.03. The molecule has 3 unspecified atom stereocenters. The van der Waals surface area contributed by atoms with Crippen molar-refractivity contribution in [2.24, 2.45) is 17.1 Å². The van der Waals surface area contributed by atoms with Crippen LogP contribution < -0.4 is 5.73 Å². The molecule has 2 nitrogen and oxygen atoms in total. The van der Waals surface area contributed by atoms with Gasteiger partial charge in [0.05, 0.1) is 0 Å². The molecule has 1 saturated carbocycles. The molecule has 0 spiro atoms. The third kappa shape index (κ3) is 2.28. The highest BCUT2D eigenvalue weighted by atomic mass is 15.2. The van der Waals surface area contributed by atoms with E-state index in [0.717, 1.165) is 18.5 Å². The van der Waals surface area contributed by atoms with Gasteiger partial charge in [0, 0.05) is 18.6 Å². The molecule has 0 aromatic carbocycles. The molecule has 16 heavy (non-hydrogen) atoms. The van der Waals surface area contributed by atoms with Crippen LogP contribution in [0.2, 0.25) is 0 Å². The molecule has 3 atom stereocenters. The quantitative estimate of drug-likeness (QED) is 0.781. The second-order valence-electron chi connectivity index (χ2n) is 6.76. The van der Waals surface area contributed by atoms with E-state index in [9.17, 15) is 0 Å². The van der Waals surface area contributed by atoms with Crippen LogP contribution in [-0.4, -0.2) is 30.1 Å². The van der Waals surface area contributed by atoms with Gasteiger partial charge in [-0.15, -0.1) is 0 Å². The zero-order chi connectivity index (χ0) is 11.8. The second-order valence-corrected chi connectivity index (χ2v) is 6.76. The predicted octanol–water partition coefficient (Wildman–Crippen LogP) is 2.62. The van der Waals surface area contributed by atoms with Gasteiger partial charge in [0.1, 0.15) is 0 Å². The summed E-state index contributed by atoms with van der Waals surface area (Å²) in [6.07, 6.45) is 7.16. The van der Waals surface area contributed by atoms with Crippen molar-refractivity contribution in [3.63, 3.8) is 0 Å². The fourth-order valence-corrected chi connectivity index (χ4v) is 3.87. The maximum Gasteiger partial charge on any atom is 0.0269 e. The Morgan fingerprint density at radius 2 is 1.88 bits per heavy atom. The first-order valence-electron chi connectivity index (χ1n) is 7.00. The average Bonchev–Trinajstić information content (AvgIpc) is 2.65. The summed E-state index contributed by atoms with van der Waals surface area (Å²) >= 11 is 0. The minimum Gasteiger partial charge on any atom is -0.329 e. The summed E-state index contributed by atoms with van der Waals surface area (Å²) < 4.78 is 0. The molecule has 2 aliphatic rings. The Morgan fingerprint density at radius 1 is 1.19 bits per heavy atom. The minimum absolute atomic E-state index is 0.319. The van der Waals surface area contributed by atoms with Crippen molar-refractivity contribution < 1.29 is 0 Å².